The lowest BCUT2D eigenvalue weighted by Gasteiger charge is -2.17. The summed E-state index contributed by atoms with van der Waals surface area (Å²) in [6.45, 7) is 1.61. The van der Waals surface area contributed by atoms with E-state index in [0.717, 1.165) is 17.7 Å². The Morgan fingerprint density at radius 3 is 3.08 bits per heavy atom. The largest absolute Gasteiger partial charge is 0.493 e. The maximum Gasteiger partial charge on any atom is 0.214 e. The van der Waals surface area contributed by atoms with Crippen molar-refractivity contribution >= 4 is 10.0 Å². The normalized spacial score (nSPS) is 19.9. The molecule has 1 fully saturated rings. The van der Waals surface area contributed by atoms with Crippen LogP contribution in [0.2, 0.25) is 0 Å². The minimum absolute atomic E-state index is 0.117. The number of ether oxygens (including phenoxy) is 2. The summed E-state index contributed by atoms with van der Waals surface area (Å²) in [4.78, 5) is 4.02. The third-order valence-corrected chi connectivity index (χ3v) is 6.68. The zero-order chi connectivity index (χ0) is 18.0. The molecule has 0 amide bonds. The second-order valence-electron chi connectivity index (χ2n) is 6.68. The van der Waals surface area contributed by atoms with Crippen LogP contribution in [0.3, 0.4) is 0 Å². The minimum Gasteiger partial charge on any atom is -0.493 e. The van der Waals surface area contributed by atoms with E-state index in [1.807, 2.05) is 18.2 Å². The van der Waals surface area contributed by atoms with Crippen molar-refractivity contribution in [1.82, 2.24) is 9.29 Å². The molecule has 7 heteroatoms. The summed E-state index contributed by atoms with van der Waals surface area (Å²) in [5.74, 6) is 1.72. The minimum atomic E-state index is -3.29. The summed E-state index contributed by atoms with van der Waals surface area (Å²) in [5.41, 5.74) is 2.21. The number of sulfonamides is 1. The van der Waals surface area contributed by atoms with Crippen LogP contribution in [0.5, 0.6) is 11.5 Å². The van der Waals surface area contributed by atoms with E-state index in [1.165, 1.54) is 5.56 Å². The van der Waals surface area contributed by atoms with Gasteiger partial charge in [-0.05, 0) is 42.2 Å². The van der Waals surface area contributed by atoms with E-state index in [4.69, 9.17) is 9.47 Å². The molecule has 0 radical (unpaired) electrons. The van der Waals surface area contributed by atoms with Gasteiger partial charge in [0, 0.05) is 19.2 Å². The standard InChI is InChI=1S/C19H22N2O4S/c22-26(23,11-7-15-3-4-19-16(12-15)6-10-24-19)21-9-5-18(14-21)25-17-2-1-8-20-13-17/h1-4,8,12-13,18H,5-7,9-11,14H2. The summed E-state index contributed by atoms with van der Waals surface area (Å²) < 4.78 is 38.2. The Bertz CT molecular complexity index is 870. The van der Waals surface area contributed by atoms with Gasteiger partial charge < -0.3 is 9.47 Å². The van der Waals surface area contributed by atoms with Crippen molar-refractivity contribution < 1.29 is 17.9 Å². The Hall–Kier alpha value is -2.12. The van der Waals surface area contributed by atoms with Gasteiger partial charge in [-0.2, -0.15) is 4.31 Å². The van der Waals surface area contributed by atoms with Crippen LogP contribution in [0.15, 0.2) is 42.7 Å². The molecule has 138 valence electrons. The lowest BCUT2D eigenvalue weighted by Crippen LogP contribution is -2.33. The second kappa shape index (κ2) is 7.25. The van der Waals surface area contributed by atoms with Crippen molar-refractivity contribution in [2.45, 2.75) is 25.4 Å². The molecule has 0 aliphatic carbocycles. The highest BCUT2D eigenvalue weighted by Gasteiger charge is 2.32. The highest BCUT2D eigenvalue weighted by molar-refractivity contribution is 7.89. The Morgan fingerprint density at radius 1 is 1.31 bits per heavy atom. The molecule has 6 nitrogen and oxygen atoms in total. The van der Waals surface area contributed by atoms with Crippen LogP contribution in [-0.2, 0) is 22.9 Å². The molecule has 2 aliphatic heterocycles. The molecule has 1 atom stereocenters. The first-order valence-corrected chi connectivity index (χ1v) is 10.5. The number of pyridine rings is 1. The van der Waals surface area contributed by atoms with E-state index in [9.17, 15) is 8.42 Å². The van der Waals surface area contributed by atoms with Crippen molar-refractivity contribution in [3.8, 4) is 11.5 Å². The molecule has 2 aromatic rings. The first-order chi connectivity index (χ1) is 12.6. The summed E-state index contributed by atoms with van der Waals surface area (Å²) >= 11 is 0. The number of rotatable bonds is 6. The van der Waals surface area contributed by atoms with Crippen molar-refractivity contribution in [2.24, 2.45) is 0 Å². The monoisotopic (exact) mass is 374 g/mol. The van der Waals surface area contributed by atoms with E-state index in [2.05, 4.69) is 11.1 Å². The zero-order valence-corrected chi connectivity index (χ0v) is 15.3. The summed E-state index contributed by atoms with van der Waals surface area (Å²) in [6, 6.07) is 9.61. The average Bonchev–Trinajstić information content (AvgIpc) is 3.30. The quantitative estimate of drug-likeness (QED) is 0.774. The van der Waals surface area contributed by atoms with Gasteiger partial charge >= 0.3 is 0 Å². The highest BCUT2D eigenvalue weighted by Crippen LogP contribution is 2.26. The second-order valence-corrected chi connectivity index (χ2v) is 8.77. The number of benzene rings is 1. The van der Waals surface area contributed by atoms with Gasteiger partial charge in [0.1, 0.15) is 17.6 Å². The Morgan fingerprint density at radius 2 is 2.23 bits per heavy atom. The van der Waals surface area contributed by atoms with E-state index >= 15 is 0 Å². The molecule has 1 aromatic heterocycles. The van der Waals surface area contributed by atoms with Crippen LogP contribution in [0.25, 0.3) is 0 Å². The van der Waals surface area contributed by atoms with Gasteiger partial charge in [-0.15, -0.1) is 0 Å². The first-order valence-electron chi connectivity index (χ1n) is 8.89. The smallest absolute Gasteiger partial charge is 0.214 e. The summed E-state index contributed by atoms with van der Waals surface area (Å²) in [5, 5.41) is 0. The molecule has 1 aromatic carbocycles. The first kappa shape index (κ1) is 17.3. The van der Waals surface area contributed by atoms with E-state index in [-0.39, 0.29) is 11.9 Å². The fourth-order valence-electron chi connectivity index (χ4n) is 3.43. The molecular formula is C19H22N2O4S. The van der Waals surface area contributed by atoms with Crippen LogP contribution in [-0.4, -0.2) is 49.3 Å². The van der Waals surface area contributed by atoms with Gasteiger partial charge in [0.05, 0.1) is 25.1 Å². The fourth-order valence-corrected chi connectivity index (χ4v) is 4.96. The van der Waals surface area contributed by atoms with Crippen LogP contribution in [0.1, 0.15) is 17.5 Å². The average molecular weight is 374 g/mol. The number of nitrogens with zero attached hydrogens (tertiary/aromatic N) is 2. The van der Waals surface area contributed by atoms with E-state index < -0.39 is 10.0 Å². The molecule has 0 spiro atoms. The summed E-state index contributed by atoms with van der Waals surface area (Å²) in [6.07, 6.45) is 5.32. The molecule has 3 heterocycles. The zero-order valence-electron chi connectivity index (χ0n) is 14.5. The Kier molecular flexibility index (Phi) is 4.82. The number of aromatic nitrogens is 1. The predicted molar refractivity (Wildman–Crippen MR) is 98.0 cm³/mol. The number of hydrogen-bond donors (Lipinski definition) is 0. The summed E-state index contributed by atoms with van der Waals surface area (Å²) in [7, 11) is -3.29. The maximum absolute atomic E-state index is 12.7. The Labute approximate surface area is 153 Å². The van der Waals surface area contributed by atoms with Crippen molar-refractivity contribution in [2.75, 3.05) is 25.4 Å². The molecule has 1 unspecified atom stereocenters. The SMILES string of the molecule is O=S(=O)(CCc1ccc2c(c1)CCO2)N1CCC(Oc2cccnc2)C1. The molecule has 0 saturated carbocycles. The molecule has 1 saturated heterocycles. The lowest BCUT2D eigenvalue weighted by molar-refractivity contribution is 0.214. The van der Waals surface area contributed by atoms with Gasteiger partial charge in [0.25, 0.3) is 0 Å². The molecule has 26 heavy (non-hydrogen) atoms. The molecule has 2 aliphatic rings. The molecule has 0 bridgehead atoms. The third-order valence-electron chi connectivity index (χ3n) is 4.84. The number of hydrogen-bond acceptors (Lipinski definition) is 5. The van der Waals surface area contributed by atoms with Gasteiger partial charge in [-0.3, -0.25) is 4.98 Å². The van der Waals surface area contributed by atoms with Crippen LogP contribution in [0.4, 0.5) is 0 Å². The number of fused-ring (bicyclic) bond motifs is 1. The number of aryl methyl sites for hydroxylation is 1. The lowest BCUT2D eigenvalue weighted by atomic mass is 10.1. The van der Waals surface area contributed by atoms with Crippen molar-refractivity contribution in [1.29, 1.82) is 0 Å². The van der Waals surface area contributed by atoms with Gasteiger partial charge in [0.2, 0.25) is 10.0 Å². The van der Waals surface area contributed by atoms with Crippen molar-refractivity contribution in [3.05, 3.63) is 53.9 Å². The highest BCUT2D eigenvalue weighted by atomic mass is 32.2. The van der Waals surface area contributed by atoms with E-state index in [0.29, 0.717) is 38.3 Å². The Balaban J connectivity index is 1.34. The van der Waals surface area contributed by atoms with Gasteiger partial charge in [-0.1, -0.05) is 12.1 Å². The van der Waals surface area contributed by atoms with Gasteiger partial charge in [-0.25, -0.2) is 8.42 Å². The fraction of sp³-hybridized carbons (Fsp3) is 0.421. The molecular weight excluding hydrogens is 352 g/mol. The third kappa shape index (κ3) is 3.83. The van der Waals surface area contributed by atoms with Crippen LogP contribution >= 0.6 is 0 Å². The van der Waals surface area contributed by atoms with Crippen molar-refractivity contribution in [3.63, 3.8) is 0 Å². The van der Waals surface area contributed by atoms with Crippen LogP contribution < -0.4 is 9.47 Å². The topological polar surface area (TPSA) is 68.7 Å². The maximum atomic E-state index is 12.7. The van der Waals surface area contributed by atoms with E-state index in [1.54, 1.807) is 22.8 Å². The molecule has 0 N–H and O–H groups in total. The predicted octanol–water partition coefficient (Wildman–Crippen LogP) is 2.04. The van der Waals surface area contributed by atoms with Crippen LogP contribution in [0, 0.1) is 0 Å². The van der Waals surface area contributed by atoms with Gasteiger partial charge in [0.15, 0.2) is 0 Å². The molecule has 4 rings (SSSR count).